The fourth-order valence-corrected chi connectivity index (χ4v) is 3.10. The second kappa shape index (κ2) is 10.2. The van der Waals surface area contributed by atoms with Gasteiger partial charge in [0.05, 0.1) is 19.3 Å². The van der Waals surface area contributed by atoms with Crippen LogP contribution < -0.4 is 26.4 Å². The van der Waals surface area contributed by atoms with Crippen molar-refractivity contribution in [1.29, 1.82) is 0 Å². The Morgan fingerprint density at radius 1 is 1.23 bits per heavy atom. The van der Waals surface area contributed by atoms with Crippen molar-refractivity contribution in [2.24, 2.45) is 17.3 Å². The second-order valence-electron chi connectivity index (χ2n) is 5.78. The maximum atomic E-state index is 4.23. The zero-order valence-electron chi connectivity index (χ0n) is 15.0. The van der Waals surface area contributed by atoms with E-state index < -0.39 is 0 Å². The molecule has 8 heteroatoms. The first-order valence-corrected chi connectivity index (χ1v) is 9.30. The van der Waals surface area contributed by atoms with E-state index in [1.165, 1.54) is 17.0 Å². The van der Waals surface area contributed by atoms with Gasteiger partial charge < -0.3 is 21.9 Å². The summed E-state index contributed by atoms with van der Waals surface area (Å²) in [6, 6.07) is 8.22. The standard InChI is InChI=1S/C18H23N6S.BrH/c1-3-24(11-4-10-23-13-12-22(2)15-23)17-7-5-16(6-8-17)20-21-18-19-9-14-25-18;/h5-9,12-15H,3-4,10-11H2,1-2H3;1H/q+1;/p-1/b21-20+;. The summed E-state index contributed by atoms with van der Waals surface area (Å²) in [4.78, 5) is 6.48. The zero-order chi connectivity index (χ0) is 17.5. The van der Waals surface area contributed by atoms with E-state index in [1.54, 1.807) is 6.20 Å². The molecule has 26 heavy (non-hydrogen) atoms. The Morgan fingerprint density at radius 3 is 2.65 bits per heavy atom. The second-order valence-corrected chi connectivity index (χ2v) is 6.65. The number of aromatic nitrogens is 3. The van der Waals surface area contributed by atoms with E-state index in [2.05, 4.69) is 67.0 Å². The van der Waals surface area contributed by atoms with Crippen LogP contribution in [0.25, 0.3) is 0 Å². The van der Waals surface area contributed by atoms with Gasteiger partial charge in [0, 0.05) is 36.8 Å². The molecular weight excluding hydrogens is 412 g/mol. The van der Waals surface area contributed by atoms with Gasteiger partial charge in [-0.15, -0.1) is 21.6 Å². The molecule has 0 saturated carbocycles. The van der Waals surface area contributed by atoms with Crippen LogP contribution in [0.1, 0.15) is 13.3 Å². The van der Waals surface area contributed by atoms with Gasteiger partial charge in [0.25, 0.3) is 0 Å². The molecule has 2 heterocycles. The molecule has 0 N–H and O–H groups in total. The lowest BCUT2D eigenvalue weighted by Gasteiger charge is -2.22. The number of nitrogens with zero attached hydrogens (tertiary/aromatic N) is 6. The Hall–Kier alpha value is -2.06. The molecule has 3 rings (SSSR count). The first-order chi connectivity index (χ1) is 12.2. The van der Waals surface area contributed by atoms with E-state index in [1.807, 2.05) is 24.6 Å². The van der Waals surface area contributed by atoms with Crippen LogP contribution in [-0.4, -0.2) is 22.6 Å². The molecule has 0 amide bonds. The Kier molecular flexibility index (Phi) is 7.93. The monoisotopic (exact) mass is 434 g/mol. The number of benzene rings is 1. The highest BCUT2D eigenvalue weighted by Crippen LogP contribution is 2.23. The first kappa shape index (κ1) is 20.3. The maximum Gasteiger partial charge on any atom is 0.243 e. The van der Waals surface area contributed by atoms with Gasteiger partial charge in [-0.2, -0.15) is 0 Å². The minimum Gasteiger partial charge on any atom is -1.00 e. The number of hydrogen-bond acceptors (Lipinski definition) is 5. The predicted octanol–water partition coefficient (Wildman–Crippen LogP) is 1.11. The van der Waals surface area contributed by atoms with E-state index in [0.29, 0.717) is 5.13 Å². The van der Waals surface area contributed by atoms with Crippen LogP contribution in [0.2, 0.25) is 0 Å². The summed E-state index contributed by atoms with van der Waals surface area (Å²) in [5.41, 5.74) is 2.06. The fourth-order valence-electron chi connectivity index (χ4n) is 2.64. The molecular formula is C18H23BrN6S. The number of rotatable bonds is 8. The molecule has 0 aliphatic carbocycles. The molecule has 0 aliphatic heterocycles. The third-order valence-corrected chi connectivity index (χ3v) is 4.59. The number of aryl methyl sites for hydroxylation is 2. The molecule has 6 nitrogen and oxygen atoms in total. The number of azo groups is 1. The average molecular weight is 435 g/mol. The van der Waals surface area contributed by atoms with Crippen molar-refractivity contribution in [2.45, 2.75) is 19.9 Å². The van der Waals surface area contributed by atoms with Gasteiger partial charge in [0.2, 0.25) is 11.5 Å². The van der Waals surface area contributed by atoms with E-state index in [9.17, 15) is 0 Å². The van der Waals surface area contributed by atoms with Gasteiger partial charge in [-0.25, -0.2) is 14.1 Å². The van der Waals surface area contributed by atoms with Crippen LogP contribution in [0.4, 0.5) is 16.5 Å². The topological polar surface area (TPSA) is 49.7 Å². The molecule has 0 bridgehead atoms. The van der Waals surface area contributed by atoms with Crippen molar-refractivity contribution >= 4 is 27.8 Å². The SMILES string of the molecule is CCN(CCCn1cc[n+](C)c1)c1ccc(/N=N/c2nccs2)cc1.[Br-]. The van der Waals surface area contributed by atoms with Gasteiger partial charge >= 0.3 is 0 Å². The number of thiazole rings is 1. The lowest BCUT2D eigenvalue weighted by atomic mass is 10.2. The van der Waals surface area contributed by atoms with Crippen LogP contribution in [0.15, 0.2) is 64.8 Å². The molecule has 0 fully saturated rings. The van der Waals surface area contributed by atoms with Crippen LogP contribution >= 0.6 is 11.3 Å². The largest absolute Gasteiger partial charge is 1.00 e. The average Bonchev–Trinajstić information content (AvgIpc) is 3.29. The van der Waals surface area contributed by atoms with Crippen LogP contribution in [0.3, 0.4) is 0 Å². The molecule has 138 valence electrons. The molecule has 3 aromatic rings. The summed E-state index contributed by atoms with van der Waals surface area (Å²) < 4.78 is 4.28. The lowest BCUT2D eigenvalue weighted by Crippen LogP contribution is -3.00. The predicted molar refractivity (Wildman–Crippen MR) is 101 cm³/mol. The highest BCUT2D eigenvalue weighted by molar-refractivity contribution is 7.13. The molecule has 0 aliphatic rings. The third-order valence-electron chi connectivity index (χ3n) is 3.93. The lowest BCUT2D eigenvalue weighted by molar-refractivity contribution is -0.671. The zero-order valence-corrected chi connectivity index (χ0v) is 17.4. The summed E-state index contributed by atoms with van der Waals surface area (Å²) in [7, 11) is 2.04. The van der Waals surface area contributed by atoms with E-state index >= 15 is 0 Å². The minimum absolute atomic E-state index is 0. The number of imidazole rings is 1. The molecule has 0 radical (unpaired) electrons. The van der Waals surface area contributed by atoms with Crippen molar-refractivity contribution < 1.29 is 21.5 Å². The summed E-state index contributed by atoms with van der Waals surface area (Å²) in [6.07, 6.45) is 9.12. The summed E-state index contributed by atoms with van der Waals surface area (Å²) in [5, 5.41) is 10.9. The number of hydrogen-bond donors (Lipinski definition) is 0. The fraction of sp³-hybridized carbons (Fsp3) is 0.333. The Labute approximate surface area is 168 Å². The normalized spacial score (nSPS) is 10.8. The van der Waals surface area contributed by atoms with E-state index in [-0.39, 0.29) is 17.0 Å². The molecule has 1 aromatic carbocycles. The van der Waals surface area contributed by atoms with Crippen molar-refractivity contribution in [1.82, 2.24) is 9.55 Å². The summed E-state index contributed by atoms with van der Waals surface area (Å²) >= 11 is 1.48. The number of halogens is 1. The first-order valence-electron chi connectivity index (χ1n) is 8.42. The Balaban J connectivity index is 0.00000243. The highest BCUT2D eigenvalue weighted by Gasteiger charge is 2.06. The Bertz CT molecular complexity index is 797. The maximum absolute atomic E-state index is 4.23. The van der Waals surface area contributed by atoms with Crippen molar-refractivity contribution in [2.75, 3.05) is 18.0 Å². The quantitative estimate of drug-likeness (QED) is 0.393. The Morgan fingerprint density at radius 2 is 2.04 bits per heavy atom. The van der Waals surface area contributed by atoms with Crippen molar-refractivity contribution in [3.63, 3.8) is 0 Å². The van der Waals surface area contributed by atoms with Gasteiger partial charge in [-0.3, -0.25) is 0 Å². The minimum atomic E-state index is 0. The van der Waals surface area contributed by atoms with Gasteiger partial charge in [-0.1, -0.05) is 0 Å². The highest BCUT2D eigenvalue weighted by atomic mass is 79.9. The molecule has 0 atom stereocenters. The van der Waals surface area contributed by atoms with Gasteiger partial charge in [0.1, 0.15) is 12.4 Å². The smallest absolute Gasteiger partial charge is 0.243 e. The molecule has 0 unspecified atom stereocenters. The molecule has 2 aromatic heterocycles. The van der Waals surface area contributed by atoms with Crippen molar-refractivity contribution in [3.05, 3.63) is 54.6 Å². The van der Waals surface area contributed by atoms with E-state index in [0.717, 1.165) is 31.7 Å². The third kappa shape index (κ3) is 5.74. The van der Waals surface area contributed by atoms with Crippen LogP contribution in [-0.2, 0) is 13.6 Å². The van der Waals surface area contributed by atoms with Crippen molar-refractivity contribution in [3.8, 4) is 0 Å². The van der Waals surface area contributed by atoms with E-state index in [4.69, 9.17) is 0 Å². The van der Waals surface area contributed by atoms with Crippen LogP contribution in [0.5, 0.6) is 0 Å². The van der Waals surface area contributed by atoms with Gasteiger partial charge in [-0.05, 0) is 31.2 Å². The summed E-state index contributed by atoms with van der Waals surface area (Å²) in [6.45, 7) is 5.22. The number of anilines is 1. The molecule has 0 spiro atoms. The summed E-state index contributed by atoms with van der Waals surface area (Å²) in [5.74, 6) is 0. The molecule has 0 saturated heterocycles. The van der Waals surface area contributed by atoms with Gasteiger partial charge in [0.15, 0.2) is 0 Å². The van der Waals surface area contributed by atoms with Crippen LogP contribution in [0, 0.1) is 0 Å².